The average molecular weight is 449 g/mol. The molecule has 10 heteroatoms. The van der Waals surface area contributed by atoms with Crippen LogP contribution in [0, 0.1) is 5.82 Å². The van der Waals surface area contributed by atoms with E-state index in [9.17, 15) is 17.6 Å². The highest BCUT2D eigenvalue weighted by Crippen LogP contribution is 2.28. The third-order valence-electron chi connectivity index (χ3n) is 4.14. The van der Waals surface area contributed by atoms with Gasteiger partial charge in [0.25, 0.3) is 10.0 Å². The third kappa shape index (κ3) is 5.03. The van der Waals surface area contributed by atoms with E-state index in [-0.39, 0.29) is 35.4 Å². The van der Waals surface area contributed by atoms with E-state index < -0.39 is 10.0 Å². The molecule has 0 atom stereocenters. The van der Waals surface area contributed by atoms with Crippen molar-refractivity contribution in [3.8, 4) is 0 Å². The molecule has 1 aromatic heterocycles. The van der Waals surface area contributed by atoms with Crippen LogP contribution < -0.4 is 0 Å². The molecule has 1 aromatic carbocycles. The van der Waals surface area contributed by atoms with Gasteiger partial charge >= 0.3 is 0 Å². The molecule has 3 rings (SSSR count). The lowest BCUT2D eigenvalue weighted by molar-refractivity contribution is -0.131. The number of carbonyl (C=O) groups is 1. The van der Waals surface area contributed by atoms with Crippen LogP contribution in [0.2, 0.25) is 4.34 Å². The number of hydrogen-bond donors (Lipinski definition) is 0. The van der Waals surface area contributed by atoms with E-state index in [1.165, 1.54) is 28.2 Å². The minimum absolute atomic E-state index is 0.0462. The standard InChI is InChI=1S/C17H18ClFN2O3S3/c18-15-5-6-17(26-15)27(23,24)21-10-8-20(9-11-21)16(22)7-12-25-14-4-2-1-3-13(14)19/h1-6H,7-12H2. The van der Waals surface area contributed by atoms with Gasteiger partial charge in [-0.2, -0.15) is 4.31 Å². The first-order valence-electron chi connectivity index (χ1n) is 8.28. The van der Waals surface area contributed by atoms with Crippen molar-refractivity contribution in [2.45, 2.75) is 15.5 Å². The second-order valence-electron chi connectivity index (χ2n) is 5.87. The zero-order valence-corrected chi connectivity index (χ0v) is 17.5. The van der Waals surface area contributed by atoms with Crippen LogP contribution in [0.1, 0.15) is 6.42 Å². The highest BCUT2D eigenvalue weighted by Gasteiger charge is 2.30. The van der Waals surface area contributed by atoms with Gasteiger partial charge in [0.2, 0.25) is 5.91 Å². The highest BCUT2D eigenvalue weighted by molar-refractivity contribution is 7.99. The van der Waals surface area contributed by atoms with Crippen molar-refractivity contribution in [2.24, 2.45) is 0 Å². The molecule has 0 saturated carbocycles. The van der Waals surface area contributed by atoms with Crippen molar-refractivity contribution in [2.75, 3.05) is 31.9 Å². The van der Waals surface area contributed by atoms with Crippen LogP contribution in [-0.4, -0.2) is 55.5 Å². The first kappa shape index (κ1) is 20.6. The molecule has 1 fully saturated rings. The summed E-state index contributed by atoms with van der Waals surface area (Å²) in [7, 11) is -3.56. The lowest BCUT2D eigenvalue weighted by Gasteiger charge is -2.33. The van der Waals surface area contributed by atoms with Gasteiger partial charge in [-0.25, -0.2) is 12.8 Å². The minimum Gasteiger partial charge on any atom is -0.340 e. The summed E-state index contributed by atoms with van der Waals surface area (Å²) in [5.41, 5.74) is 0. The van der Waals surface area contributed by atoms with E-state index in [2.05, 4.69) is 0 Å². The summed E-state index contributed by atoms with van der Waals surface area (Å²) in [4.78, 5) is 14.5. The quantitative estimate of drug-likeness (QED) is 0.634. The predicted octanol–water partition coefficient (Wildman–Crippen LogP) is 3.56. The molecule has 2 heterocycles. The Morgan fingerprint density at radius 2 is 1.85 bits per heavy atom. The van der Waals surface area contributed by atoms with Gasteiger partial charge in [-0.3, -0.25) is 4.79 Å². The van der Waals surface area contributed by atoms with Crippen LogP contribution in [-0.2, 0) is 14.8 Å². The molecule has 0 bridgehead atoms. The van der Waals surface area contributed by atoms with Gasteiger partial charge in [-0.15, -0.1) is 23.1 Å². The zero-order chi connectivity index (χ0) is 19.4. The van der Waals surface area contributed by atoms with Gasteiger partial charge < -0.3 is 4.90 Å². The van der Waals surface area contributed by atoms with Crippen LogP contribution in [0.25, 0.3) is 0 Å². The fraction of sp³-hybridized carbons (Fsp3) is 0.353. The van der Waals surface area contributed by atoms with Crippen molar-refractivity contribution in [1.29, 1.82) is 0 Å². The Bertz CT molecular complexity index is 912. The first-order chi connectivity index (χ1) is 12.9. The summed E-state index contributed by atoms with van der Waals surface area (Å²) < 4.78 is 40.7. The second-order valence-corrected chi connectivity index (χ2v) is 10.9. The molecule has 5 nitrogen and oxygen atoms in total. The first-order valence-corrected chi connectivity index (χ1v) is 11.9. The van der Waals surface area contributed by atoms with Gasteiger partial charge in [0.15, 0.2) is 0 Å². The second kappa shape index (κ2) is 8.91. The van der Waals surface area contributed by atoms with Gasteiger partial charge in [-0.05, 0) is 24.3 Å². The van der Waals surface area contributed by atoms with Crippen LogP contribution in [0.5, 0.6) is 0 Å². The van der Waals surface area contributed by atoms with E-state index >= 15 is 0 Å². The van der Waals surface area contributed by atoms with Gasteiger partial charge in [0.05, 0.1) is 4.34 Å². The molecular weight excluding hydrogens is 431 g/mol. The van der Waals surface area contributed by atoms with Crippen molar-refractivity contribution < 1.29 is 17.6 Å². The van der Waals surface area contributed by atoms with Crippen LogP contribution in [0.4, 0.5) is 4.39 Å². The molecule has 27 heavy (non-hydrogen) atoms. The van der Waals surface area contributed by atoms with E-state index in [0.29, 0.717) is 28.1 Å². The van der Waals surface area contributed by atoms with E-state index in [1.54, 1.807) is 29.2 Å². The molecule has 2 aromatic rings. The molecule has 1 aliphatic heterocycles. The van der Waals surface area contributed by atoms with Crippen LogP contribution in [0.3, 0.4) is 0 Å². The summed E-state index contributed by atoms with van der Waals surface area (Å²) in [6, 6.07) is 9.53. The highest BCUT2D eigenvalue weighted by atomic mass is 35.5. The Labute approximate surface area is 171 Å². The molecule has 0 N–H and O–H groups in total. The van der Waals surface area contributed by atoms with Crippen LogP contribution in [0.15, 0.2) is 45.5 Å². The Balaban J connectivity index is 1.48. The average Bonchev–Trinajstić information content (AvgIpc) is 3.10. The number of carbonyl (C=O) groups excluding carboxylic acids is 1. The summed E-state index contributed by atoms with van der Waals surface area (Å²) >= 11 is 8.16. The number of thioether (sulfide) groups is 1. The van der Waals surface area contributed by atoms with Crippen molar-refractivity contribution >= 4 is 50.6 Å². The third-order valence-corrected chi connectivity index (χ3v) is 8.79. The normalized spacial score (nSPS) is 15.9. The number of sulfonamides is 1. The fourth-order valence-corrected chi connectivity index (χ4v) is 6.65. The summed E-state index contributed by atoms with van der Waals surface area (Å²) in [5, 5.41) is 0. The number of thiophene rings is 1. The van der Waals surface area contributed by atoms with Crippen molar-refractivity contribution in [3.05, 3.63) is 46.6 Å². The number of benzene rings is 1. The number of halogens is 2. The summed E-state index contributed by atoms with van der Waals surface area (Å²) in [6.45, 7) is 1.21. The van der Waals surface area contributed by atoms with Gasteiger partial charge in [-0.1, -0.05) is 23.7 Å². The smallest absolute Gasteiger partial charge is 0.252 e. The topological polar surface area (TPSA) is 57.7 Å². The maximum absolute atomic E-state index is 13.6. The predicted molar refractivity (Wildman–Crippen MR) is 106 cm³/mol. The number of nitrogens with zero attached hydrogens (tertiary/aromatic N) is 2. The number of hydrogen-bond acceptors (Lipinski definition) is 5. The number of piperazine rings is 1. The van der Waals surface area contributed by atoms with Gasteiger partial charge in [0.1, 0.15) is 10.0 Å². The molecule has 1 saturated heterocycles. The Morgan fingerprint density at radius 3 is 2.48 bits per heavy atom. The summed E-state index contributed by atoms with van der Waals surface area (Å²) in [5.74, 6) is 0.143. The van der Waals surface area contributed by atoms with Crippen LogP contribution >= 0.6 is 34.7 Å². The molecule has 0 radical (unpaired) electrons. The SMILES string of the molecule is O=C(CCSc1ccccc1F)N1CCN(S(=O)(=O)c2ccc(Cl)s2)CC1. The number of rotatable bonds is 6. The zero-order valence-electron chi connectivity index (χ0n) is 14.3. The maximum atomic E-state index is 13.6. The van der Waals surface area contributed by atoms with Crippen molar-refractivity contribution in [3.63, 3.8) is 0 Å². The molecular formula is C17H18ClFN2O3S3. The Hall–Kier alpha value is -1.13. The molecule has 146 valence electrons. The maximum Gasteiger partial charge on any atom is 0.252 e. The molecule has 1 aliphatic rings. The Kier molecular flexibility index (Phi) is 6.80. The minimum atomic E-state index is -3.56. The molecule has 1 amide bonds. The summed E-state index contributed by atoms with van der Waals surface area (Å²) in [6.07, 6.45) is 0.284. The lowest BCUT2D eigenvalue weighted by atomic mass is 10.3. The molecule has 0 aliphatic carbocycles. The monoisotopic (exact) mass is 448 g/mol. The van der Waals surface area contributed by atoms with Gasteiger partial charge in [0, 0.05) is 43.2 Å². The molecule has 0 unspecified atom stereocenters. The molecule has 0 spiro atoms. The Morgan fingerprint density at radius 1 is 1.15 bits per heavy atom. The fourth-order valence-electron chi connectivity index (χ4n) is 2.71. The number of amides is 1. The van der Waals surface area contributed by atoms with E-state index in [1.807, 2.05) is 0 Å². The lowest BCUT2D eigenvalue weighted by Crippen LogP contribution is -2.50. The largest absolute Gasteiger partial charge is 0.340 e. The van der Waals surface area contributed by atoms with E-state index in [4.69, 9.17) is 11.6 Å². The van der Waals surface area contributed by atoms with E-state index in [0.717, 1.165) is 11.3 Å². The van der Waals surface area contributed by atoms with Crippen molar-refractivity contribution in [1.82, 2.24) is 9.21 Å².